The smallest absolute Gasteiger partial charge is 0.269 e. The molecule has 124 valence electrons. The molecule has 0 heterocycles. The quantitative estimate of drug-likeness (QED) is 0.333. The highest BCUT2D eigenvalue weighted by atomic mass is 79.9. The SMILES string of the molecule is COc1ccc(N=Cc2ccc([N+](=O)[O-])cc2)cc1N(Br)C(C)=O. The number of benzene rings is 2. The number of rotatable bonds is 5. The molecule has 24 heavy (non-hydrogen) atoms. The van der Waals surface area contributed by atoms with Crippen LogP contribution >= 0.6 is 16.1 Å². The molecule has 2 aromatic carbocycles. The van der Waals surface area contributed by atoms with Crippen LogP contribution in [0.1, 0.15) is 12.5 Å². The topological polar surface area (TPSA) is 85.0 Å². The molecule has 1 amide bonds. The number of hydrogen-bond donors (Lipinski definition) is 0. The van der Waals surface area contributed by atoms with Crippen molar-refractivity contribution in [3.63, 3.8) is 0 Å². The first-order valence-electron chi connectivity index (χ1n) is 6.85. The molecule has 0 aliphatic rings. The van der Waals surface area contributed by atoms with Crippen LogP contribution in [-0.4, -0.2) is 24.2 Å². The van der Waals surface area contributed by atoms with Gasteiger partial charge >= 0.3 is 0 Å². The number of nitro benzene ring substituents is 1. The fourth-order valence-corrected chi connectivity index (χ4v) is 2.19. The minimum Gasteiger partial charge on any atom is -0.495 e. The maximum Gasteiger partial charge on any atom is 0.269 e. The van der Waals surface area contributed by atoms with E-state index in [-0.39, 0.29) is 11.6 Å². The Hall–Kier alpha value is -2.74. The van der Waals surface area contributed by atoms with E-state index < -0.39 is 4.92 Å². The van der Waals surface area contributed by atoms with Gasteiger partial charge in [-0.05, 0) is 35.9 Å². The molecular formula is C16H14BrN3O4. The number of nitro groups is 1. The van der Waals surface area contributed by atoms with Crippen LogP contribution in [0.25, 0.3) is 0 Å². The Bertz CT molecular complexity index is 790. The summed E-state index contributed by atoms with van der Waals surface area (Å²) < 4.78 is 6.52. The molecule has 0 saturated carbocycles. The van der Waals surface area contributed by atoms with Gasteiger partial charge in [-0.2, -0.15) is 0 Å². The second-order valence-corrected chi connectivity index (χ2v) is 5.47. The number of halogens is 1. The predicted octanol–water partition coefficient (Wildman–Crippen LogP) is 4.02. The van der Waals surface area contributed by atoms with Gasteiger partial charge in [0.1, 0.15) is 5.75 Å². The Morgan fingerprint density at radius 3 is 2.50 bits per heavy atom. The second-order valence-electron chi connectivity index (χ2n) is 4.76. The van der Waals surface area contributed by atoms with Crippen molar-refractivity contribution in [3.8, 4) is 5.75 Å². The summed E-state index contributed by atoms with van der Waals surface area (Å²) in [5.41, 5.74) is 1.88. The zero-order valence-electron chi connectivity index (χ0n) is 13.0. The van der Waals surface area contributed by atoms with E-state index in [1.165, 1.54) is 30.1 Å². The van der Waals surface area contributed by atoms with E-state index >= 15 is 0 Å². The van der Waals surface area contributed by atoms with Gasteiger partial charge in [-0.1, -0.05) is 0 Å². The van der Waals surface area contributed by atoms with Crippen molar-refractivity contribution in [1.82, 2.24) is 0 Å². The maximum absolute atomic E-state index is 11.5. The van der Waals surface area contributed by atoms with Crippen LogP contribution in [0.2, 0.25) is 0 Å². The van der Waals surface area contributed by atoms with Crippen LogP contribution in [0.5, 0.6) is 5.75 Å². The molecule has 8 heteroatoms. The Labute approximate surface area is 147 Å². The monoisotopic (exact) mass is 391 g/mol. The van der Waals surface area contributed by atoms with Gasteiger partial charge in [-0.3, -0.25) is 19.9 Å². The minimum atomic E-state index is -0.455. The second kappa shape index (κ2) is 7.69. The molecule has 2 rings (SSSR count). The molecule has 0 atom stereocenters. The lowest BCUT2D eigenvalue weighted by Crippen LogP contribution is -2.16. The molecule has 0 unspecified atom stereocenters. The van der Waals surface area contributed by atoms with E-state index in [0.29, 0.717) is 17.1 Å². The lowest BCUT2D eigenvalue weighted by molar-refractivity contribution is -0.384. The summed E-state index contributed by atoms with van der Waals surface area (Å²) in [4.78, 5) is 26.0. The number of carbonyl (C=O) groups is 1. The Kier molecular flexibility index (Phi) is 5.64. The third-order valence-electron chi connectivity index (χ3n) is 3.12. The van der Waals surface area contributed by atoms with E-state index in [4.69, 9.17) is 4.74 Å². The normalized spacial score (nSPS) is 10.6. The molecule has 0 aromatic heterocycles. The third kappa shape index (κ3) is 4.17. The molecule has 0 saturated heterocycles. The Balaban J connectivity index is 2.27. The molecule has 2 aromatic rings. The number of non-ortho nitro benzene ring substituents is 1. The number of anilines is 1. The largest absolute Gasteiger partial charge is 0.495 e. The number of ether oxygens (including phenoxy) is 1. The third-order valence-corrected chi connectivity index (χ3v) is 4.00. The average Bonchev–Trinajstić information content (AvgIpc) is 2.59. The fraction of sp³-hybridized carbons (Fsp3) is 0.125. The van der Waals surface area contributed by atoms with E-state index in [1.807, 2.05) is 0 Å². The average molecular weight is 392 g/mol. The number of methoxy groups -OCH3 is 1. The van der Waals surface area contributed by atoms with Gasteiger partial charge in [0.2, 0.25) is 5.91 Å². The number of hydrogen-bond acceptors (Lipinski definition) is 5. The lowest BCUT2D eigenvalue weighted by Gasteiger charge is -2.16. The van der Waals surface area contributed by atoms with Crippen molar-refractivity contribution in [3.05, 3.63) is 58.1 Å². The summed E-state index contributed by atoms with van der Waals surface area (Å²) in [5.74, 6) is 0.321. The van der Waals surface area contributed by atoms with E-state index in [1.54, 1.807) is 36.5 Å². The molecular weight excluding hydrogens is 378 g/mol. The van der Waals surface area contributed by atoms with Crippen LogP contribution in [0, 0.1) is 10.1 Å². The Morgan fingerprint density at radius 1 is 1.29 bits per heavy atom. The molecule has 0 fully saturated rings. The summed E-state index contributed by atoms with van der Waals surface area (Å²) in [5, 5.41) is 10.6. The van der Waals surface area contributed by atoms with Crippen molar-refractivity contribution >= 4 is 45.3 Å². The zero-order valence-corrected chi connectivity index (χ0v) is 14.6. The molecule has 0 aliphatic carbocycles. The first-order valence-corrected chi connectivity index (χ1v) is 7.56. The summed E-state index contributed by atoms with van der Waals surface area (Å²) in [7, 11) is 1.51. The molecule has 0 bridgehead atoms. The van der Waals surface area contributed by atoms with Crippen molar-refractivity contribution in [2.45, 2.75) is 6.92 Å². The number of amides is 1. The predicted molar refractivity (Wildman–Crippen MR) is 95.4 cm³/mol. The van der Waals surface area contributed by atoms with Crippen molar-refractivity contribution in [2.24, 2.45) is 4.99 Å². The van der Waals surface area contributed by atoms with Crippen LogP contribution in [0.4, 0.5) is 17.1 Å². The minimum absolute atomic E-state index is 0.0234. The van der Waals surface area contributed by atoms with Crippen LogP contribution < -0.4 is 8.66 Å². The van der Waals surface area contributed by atoms with Crippen molar-refractivity contribution < 1.29 is 14.5 Å². The van der Waals surface area contributed by atoms with Crippen molar-refractivity contribution in [1.29, 1.82) is 0 Å². The summed E-state index contributed by atoms with van der Waals surface area (Å²) >= 11 is 3.18. The van der Waals surface area contributed by atoms with Gasteiger partial charge in [0.05, 0.1) is 39.6 Å². The first kappa shape index (κ1) is 17.6. The summed E-state index contributed by atoms with van der Waals surface area (Å²) in [6.07, 6.45) is 1.58. The highest BCUT2D eigenvalue weighted by Crippen LogP contribution is 2.34. The maximum atomic E-state index is 11.5. The first-order chi connectivity index (χ1) is 11.4. The molecule has 0 aliphatic heterocycles. The summed E-state index contributed by atoms with van der Waals surface area (Å²) in [6.45, 7) is 1.42. The van der Waals surface area contributed by atoms with E-state index in [9.17, 15) is 14.9 Å². The fourth-order valence-electron chi connectivity index (χ4n) is 1.91. The molecule has 0 spiro atoms. The van der Waals surface area contributed by atoms with Gasteiger partial charge in [-0.15, -0.1) is 0 Å². The van der Waals surface area contributed by atoms with Gasteiger partial charge < -0.3 is 4.74 Å². The zero-order chi connectivity index (χ0) is 17.7. The highest BCUT2D eigenvalue weighted by molar-refractivity contribution is 9.10. The van der Waals surface area contributed by atoms with Crippen molar-refractivity contribution in [2.75, 3.05) is 11.0 Å². The van der Waals surface area contributed by atoms with Gasteiger partial charge in [-0.25, -0.2) is 3.93 Å². The highest BCUT2D eigenvalue weighted by Gasteiger charge is 2.14. The lowest BCUT2D eigenvalue weighted by atomic mass is 10.2. The number of nitrogens with zero attached hydrogens (tertiary/aromatic N) is 3. The van der Waals surface area contributed by atoms with Crippen LogP contribution in [-0.2, 0) is 4.79 Å². The standard InChI is InChI=1S/C16H14BrN3O4/c1-11(21)19(17)15-9-13(5-8-16(15)24-2)18-10-12-3-6-14(7-4-12)20(22)23/h3-10H,1-2H3. The number of aliphatic imine (C=N–C) groups is 1. The molecule has 0 N–H and O–H groups in total. The van der Waals surface area contributed by atoms with E-state index in [0.717, 1.165) is 5.56 Å². The van der Waals surface area contributed by atoms with Crippen LogP contribution in [0.15, 0.2) is 47.5 Å². The molecule has 0 radical (unpaired) electrons. The van der Waals surface area contributed by atoms with Gasteiger partial charge in [0.25, 0.3) is 5.69 Å². The van der Waals surface area contributed by atoms with Gasteiger partial charge in [0, 0.05) is 25.3 Å². The number of carbonyl (C=O) groups excluding carboxylic acids is 1. The van der Waals surface area contributed by atoms with Gasteiger partial charge in [0.15, 0.2) is 0 Å². The van der Waals surface area contributed by atoms with E-state index in [2.05, 4.69) is 21.1 Å². The molecule has 7 nitrogen and oxygen atoms in total. The summed E-state index contributed by atoms with van der Waals surface area (Å²) in [6, 6.07) is 11.2. The van der Waals surface area contributed by atoms with Crippen LogP contribution in [0.3, 0.4) is 0 Å². The Morgan fingerprint density at radius 2 is 1.96 bits per heavy atom.